The molecule has 21 heavy (non-hydrogen) atoms. The van der Waals surface area contributed by atoms with E-state index in [0.717, 1.165) is 38.5 Å². The van der Waals surface area contributed by atoms with Gasteiger partial charge in [-0.3, -0.25) is 4.90 Å². The summed E-state index contributed by atoms with van der Waals surface area (Å²) in [7, 11) is 2.06. The van der Waals surface area contributed by atoms with E-state index in [9.17, 15) is 0 Å². The minimum absolute atomic E-state index is 0.946. The number of rotatable bonds is 4. The molecule has 0 radical (unpaired) electrons. The first-order chi connectivity index (χ1) is 10.3. The van der Waals surface area contributed by atoms with Gasteiger partial charge in [0.05, 0.1) is 12.2 Å². The second kappa shape index (κ2) is 6.54. The molecule has 1 aliphatic rings. The number of nitrogens with zero attached hydrogens (tertiary/aromatic N) is 4. The molecule has 1 saturated heterocycles. The summed E-state index contributed by atoms with van der Waals surface area (Å²) in [5.41, 5.74) is 1.38. The van der Waals surface area contributed by atoms with Crippen LogP contribution in [0.25, 0.3) is 0 Å². The molecule has 5 heteroatoms. The minimum Gasteiger partial charge on any atom is -0.368 e. The van der Waals surface area contributed by atoms with E-state index in [-0.39, 0.29) is 0 Å². The van der Waals surface area contributed by atoms with Crippen LogP contribution in [0.2, 0.25) is 0 Å². The highest BCUT2D eigenvalue weighted by molar-refractivity contribution is 7.98. The van der Waals surface area contributed by atoms with Crippen LogP contribution in [0.1, 0.15) is 5.82 Å². The van der Waals surface area contributed by atoms with Gasteiger partial charge >= 0.3 is 0 Å². The first kappa shape index (κ1) is 14.5. The fraction of sp³-hybridized carbons (Fsp3) is 0.438. The molecule has 4 nitrogen and oxygen atoms in total. The van der Waals surface area contributed by atoms with Crippen LogP contribution in [0.15, 0.2) is 41.6 Å². The normalized spacial score (nSPS) is 16.4. The molecule has 2 heterocycles. The Hall–Kier alpha value is -1.46. The minimum atomic E-state index is 0.946. The van der Waals surface area contributed by atoms with Crippen molar-refractivity contribution in [3.8, 4) is 0 Å². The van der Waals surface area contributed by atoms with Gasteiger partial charge in [0.25, 0.3) is 0 Å². The van der Waals surface area contributed by atoms with Crippen molar-refractivity contribution in [2.75, 3.05) is 37.3 Å². The van der Waals surface area contributed by atoms with Gasteiger partial charge in [0.1, 0.15) is 5.82 Å². The van der Waals surface area contributed by atoms with Gasteiger partial charge in [0, 0.05) is 50.5 Å². The van der Waals surface area contributed by atoms with Crippen molar-refractivity contribution >= 4 is 17.4 Å². The highest BCUT2D eigenvalue weighted by atomic mass is 32.2. The van der Waals surface area contributed by atoms with Gasteiger partial charge in [0.2, 0.25) is 0 Å². The maximum atomic E-state index is 4.42. The maximum Gasteiger partial charge on any atom is 0.122 e. The number of piperazine rings is 1. The van der Waals surface area contributed by atoms with Crippen molar-refractivity contribution in [2.24, 2.45) is 7.05 Å². The Balaban J connectivity index is 1.61. The number of benzene rings is 1. The van der Waals surface area contributed by atoms with E-state index in [1.807, 2.05) is 24.2 Å². The highest BCUT2D eigenvalue weighted by Gasteiger charge is 2.19. The highest BCUT2D eigenvalue weighted by Crippen LogP contribution is 2.29. The van der Waals surface area contributed by atoms with E-state index < -0.39 is 0 Å². The van der Waals surface area contributed by atoms with Crippen LogP contribution in [-0.4, -0.2) is 46.9 Å². The third-order valence-corrected chi connectivity index (χ3v) is 4.87. The Morgan fingerprint density at radius 2 is 1.90 bits per heavy atom. The molecular weight excluding hydrogens is 280 g/mol. The standard InChI is InChI=1S/C16H22N4S/c1-18-8-7-17-16(18)13-19-9-11-20(12-10-19)14-5-3-4-6-15(14)21-2/h3-8H,9-13H2,1-2H3. The molecule has 3 rings (SSSR count). The number of aryl methyl sites for hydroxylation is 1. The molecule has 1 aromatic carbocycles. The first-order valence-electron chi connectivity index (χ1n) is 7.34. The van der Waals surface area contributed by atoms with E-state index in [0.29, 0.717) is 0 Å². The largest absolute Gasteiger partial charge is 0.368 e. The lowest BCUT2D eigenvalue weighted by molar-refractivity contribution is 0.241. The quantitative estimate of drug-likeness (QED) is 0.810. The molecule has 0 amide bonds. The topological polar surface area (TPSA) is 24.3 Å². The predicted molar refractivity (Wildman–Crippen MR) is 88.9 cm³/mol. The van der Waals surface area contributed by atoms with Crippen molar-refractivity contribution < 1.29 is 0 Å². The molecular formula is C16H22N4S. The van der Waals surface area contributed by atoms with Crippen LogP contribution < -0.4 is 4.90 Å². The van der Waals surface area contributed by atoms with Crippen molar-refractivity contribution in [3.63, 3.8) is 0 Å². The summed E-state index contributed by atoms with van der Waals surface area (Å²) in [6, 6.07) is 8.70. The van der Waals surface area contributed by atoms with Gasteiger partial charge in [-0.2, -0.15) is 0 Å². The molecule has 0 N–H and O–H groups in total. The molecule has 1 aromatic heterocycles. The third kappa shape index (κ3) is 3.24. The van der Waals surface area contributed by atoms with Gasteiger partial charge in [-0.15, -0.1) is 11.8 Å². The zero-order chi connectivity index (χ0) is 14.7. The average Bonchev–Trinajstić information content (AvgIpc) is 2.93. The molecule has 2 aromatic rings. The average molecular weight is 302 g/mol. The Bertz CT molecular complexity index is 587. The summed E-state index contributed by atoms with van der Waals surface area (Å²) < 4.78 is 2.11. The van der Waals surface area contributed by atoms with E-state index in [4.69, 9.17) is 0 Å². The Morgan fingerprint density at radius 3 is 2.57 bits per heavy atom. The van der Waals surface area contributed by atoms with Crippen molar-refractivity contribution in [1.29, 1.82) is 0 Å². The molecule has 0 bridgehead atoms. The van der Waals surface area contributed by atoms with Crippen molar-refractivity contribution in [1.82, 2.24) is 14.5 Å². The molecule has 112 valence electrons. The number of imidazole rings is 1. The molecule has 0 saturated carbocycles. The number of hydrogen-bond donors (Lipinski definition) is 0. The lowest BCUT2D eigenvalue weighted by Crippen LogP contribution is -2.46. The lowest BCUT2D eigenvalue weighted by atomic mass is 10.2. The number of aromatic nitrogens is 2. The lowest BCUT2D eigenvalue weighted by Gasteiger charge is -2.36. The third-order valence-electron chi connectivity index (χ3n) is 4.08. The number of anilines is 1. The van der Waals surface area contributed by atoms with Crippen LogP contribution in [0, 0.1) is 0 Å². The van der Waals surface area contributed by atoms with Crippen LogP contribution in [0.5, 0.6) is 0 Å². The summed E-state index contributed by atoms with van der Waals surface area (Å²) in [6.07, 6.45) is 6.04. The summed E-state index contributed by atoms with van der Waals surface area (Å²) in [4.78, 5) is 10.8. The molecule has 1 aliphatic heterocycles. The number of hydrogen-bond acceptors (Lipinski definition) is 4. The van der Waals surface area contributed by atoms with Crippen molar-refractivity contribution in [3.05, 3.63) is 42.5 Å². The summed E-state index contributed by atoms with van der Waals surface area (Å²) >= 11 is 1.83. The Morgan fingerprint density at radius 1 is 1.14 bits per heavy atom. The van der Waals surface area contributed by atoms with Crippen LogP contribution in [0.4, 0.5) is 5.69 Å². The van der Waals surface area contributed by atoms with Crippen molar-refractivity contribution in [2.45, 2.75) is 11.4 Å². The van der Waals surface area contributed by atoms with E-state index >= 15 is 0 Å². The van der Waals surface area contributed by atoms with Crippen LogP contribution >= 0.6 is 11.8 Å². The van der Waals surface area contributed by atoms with E-state index in [1.165, 1.54) is 10.6 Å². The molecule has 0 unspecified atom stereocenters. The summed E-state index contributed by atoms with van der Waals surface area (Å²) in [6.45, 7) is 5.30. The second-order valence-corrected chi connectivity index (χ2v) is 6.24. The predicted octanol–water partition coefficient (Wildman–Crippen LogP) is 2.46. The van der Waals surface area contributed by atoms with E-state index in [2.05, 4.69) is 56.9 Å². The fourth-order valence-corrected chi connectivity index (χ4v) is 3.41. The van der Waals surface area contributed by atoms with Gasteiger partial charge in [-0.1, -0.05) is 12.1 Å². The van der Waals surface area contributed by atoms with Gasteiger partial charge in [-0.05, 0) is 18.4 Å². The summed E-state index contributed by atoms with van der Waals surface area (Å²) in [5, 5.41) is 0. The van der Waals surface area contributed by atoms with Gasteiger partial charge in [-0.25, -0.2) is 4.98 Å². The van der Waals surface area contributed by atoms with Gasteiger partial charge in [0.15, 0.2) is 0 Å². The first-order valence-corrected chi connectivity index (χ1v) is 8.57. The number of thioether (sulfide) groups is 1. The summed E-state index contributed by atoms with van der Waals surface area (Å²) in [5.74, 6) is 1.15. The molecule has 0 atom stereocenters. The zero-order valence-corrected chi connectivity index (χ0v) is 13.5. The Kier molecular flexibility index (Phi) is 4.51. The number of para-hydroxylation sites is 1. The monoisotopic (exact) mass is 302 g/mol. The van der Waals surface area contributed by atoms with Crippen LogP contribution in [-0.2, 0) is 13.6 Å². The Labute approximate surface area is 130 Å². The molecule has 0 spiro atoms. The molecule has 0 aliphatic carbocycles. The maximum absolute atomic E-state index is 4.42. The fourth-order valence-electron chi connectivity index (χ4n) is 2.79. The zero-order valence-electron chi connectivity index (χ0n) is 12.7. The van der Waals surface area contributed by atoms with Crippen LogP contribution in [0.3, 0.4) is 0 Å². The SMILES string of the molecule is CSc1ccccc1N1CCN(Cc2nccn2C)CC1. The van der Waals surface area contributed by atoms with Gasteiger partial charge < -0.3 is 9.47 Å². The van der Waals surface area contributed by atoms with E-state index in [1.54, 1.807) is 0 Å². The second-order valence-electron chi connectivity index (χ2n) is 5.39. The smallest absolute Gasteiger partial charge is 0.122 e. The molecule has 1 fully saturated rings.